The molecule has 0 aromatic heterocycles. The molecule has 0 bridgehead atoms. The summed E-state index contributed by atoms with van der Waals surface area (Å²) in [4.78, 5) is 0. The zero-order valence-corrected chi connectivity index (χ0v) is 9.44. The van der Waals surface area contributed by atoms with Crippen LogP contribution in [-0.2, 0) is 16.3 Å². The van der Waals surface area contributed by atoms with Crippen molar-refractivity contribution in [2.75, 3.05) is 6.26 Å². The number of benzene rings is 1. The third kappa shape index (κ3) is 5.34. The molecule has 4 heteroatoms. The predicted octanol–water partition coefficient (Wildman–Crippen LogP) is 1.11. The van der Waals surface area contributed by atoms with E-state index < -0.39 is 9.84 Å². The van der Waals surface area contributed by atoms with Gasteiger partial charge in [-0.05, 0) is 12.0 Å². The molecule has 0 aliphatic carbocycles. The molecule has 0 saturated carbocycles. The van der Waals surface area contributed by atoms with E-state index in [1.54, 1.807) is 0 Å². The number of hydrogen-bond acceptors (Lipinski definition) is 3. The first-order chi connectivity index (χ1) is 6.97. The molecule has 0 spiro atoms. The van der Waals surface area contributed by atoms with Gasteiger partial charge in [0.15, 0.2) is 9.84 Å². The van der Waals surface area contributed by atoms with Gasteiger partial charge in [0.1, 0.15) is 0 Å². The van der Waals surface area contributed by atoms with Gasteiger partial charge in [-0.15, -0.1) is 0 Å². The largest absolute Gasteiger partial charge is 0.324 e. The monoisotopic (exact) mass is 225 g/mol. The molecule has 2 N–H and O–H groups in total. The van der Waals surface area contributed by atoms with E-state index in [0.29, 0.717) is 6.42 Å². The molecule has 0 radical (unpaired) electrons. The van der Waals surface area contributed by atoms with Gasteiger partial charge >= 0.3 is 0 Å². The summed E-state index contributed by atoms with van der Waals surface area (Å²) in [7, 11) is -3.07. The van der Waals surface area contributed by atoms with E-state index in [2.05, 4.69) is 0 Å². The van der Waals surface area contributed by atoms with Gasteiger partial charge in [0, 0.05) is 17.7 Å². The van der Waals surface area contributed by atoms with Crippen LogP contribution in [0.5, 0.6) is 0 Å². The lowest BCUT2D eigenvalue weighted by atomic mass is 10.1. The summed E-state index contributed by atoms with van der Waals surface area (Å²) in [5, 5.41) is 1.15. The summed E-state index contributed by atoms with van der Waals surface area (Å²) in [5.74, 6) is 0. The van der Waals surface area contributed by atoms with Crippen molar-refractivity contribution in [1.29, 1.82) is 0 Å². The van der Waals surface area contributed by atoms with E-state index in [0.717, 1.165) is 17.2 Å². The average molecular weight is 225 g/mol. The first kappa shape index (κ1) is 11.9. The van der Waals surface area contributed by atoms with Crippen LogP contribution >= 0.6 is 0 Å². The van der Waals surface area contributed by atoms with Crippen molar-refractivity contribution < 1.29 is 8.42 Å². The van der Waals surface area contributed by atoms with E-state index in [4.69, 9.17) is 5.73 Å². The van der Waals surface area contributed by atoms with Crippen LogP contribution in [0.25, 0.3) is 0 Å². The summed E-state index contributed by atoms with van der Waals surface area (Å²) in [6, 6.07) is 9.47. The number of rotatable bonds is 4. The molecule has 82 valence electrons. The smallest absolute Gasteiger partial charge is 0.168 e. The Morgan fingerprint density at radius 2 is 1.93 bits per heavy atom. The van der Waals surface area contributed by atoms with Crippen LogP contribution in [0, 0.1) is 0 Å². The van der Waals surface area contributed by atoms with Gasteiger partial charge in [0.05, 0.1) is 0 Å². The highest BCUT2D eigenvalue weighted by Crippen LogP contribution is 2.02. The normalized spacial score (nSPS) is 14.3. The van der Waals surface area contributed by atoms with Crippen LogP contribution in [0.15, 0.2) is 41.8 Å². The highest BCUT2D eigenvalue weighted by molar-refractivity contribution is 7.93. The fourth-order valence-corrected chi connectivity index (χ4v) is 1.69. The predicted molar refractivity (Wildman–Crippen MR) is 62.1 cm³/mol. The molecule has 0 aliphatic rings. The highest BCUT2D eigenvalue weighted by Gasteiger charge is 2.01. The van der Waals surface area contributed by atoms with Gasteiger partial charge in [0.25, 0.3) is 0 Å². The molecule has 0 fully saturated rings. The third-order valence-corrected chi connectivity index (χ3v) is 2.54. The van der Waals surface area contributed by atoms with Gasteiger partial charge < -0.3 is 5.73 Å². The van der Waals surface area contributed by atoms with Crippen molar-refractivity contribution in [2.45, 2.75) is 12.5 Å². The molecular weight excluding hydrogens is 210 g/mol. The van der Waals surface area contributed by atoms with E-state index in [-0.39, 0.29) is 6.04 Å². The fraction of sp³-hybridized carbons (Fsp3) is 0.273. The Kier molecular flexibility index (Phi) is 4.05. The standard InChI is InChI=1S/C11H15NO2S/c1-15(13,14)8-7-11(12)9-10-5-3-2-4-6-10/h2-8,11H,9,12H2,1H3/b8-7+/t11-/m0/s1. The Morgan fingerprint density at radius 1 is 1.33 bits per heavy atom. The van der Waals surface area contributed by atoms with Gasteiger partial charge in [0.2, 0.25) is 0 Å². The van der Waals surface area contributed by atoms with Crippen molar-refractivity contribution in [2.24, 2.45) is 5.73 Å². The summed E-state index contributed by atoms with van der Waals surface area (Å²) in [5.41, 5.74) is 6.86. The molecule has 1 aromatic rings. The summed E-state index contributed by atoms with van der Waals surface area (Å²) in [6.45, 7) is 0. The minimum absolute atomic E-state index is 0.262. The maximum absolute atomic E-state index is 10.8. The first-order valence-electron chi connectivity index (χ1n) is 4.65. The van der Waals surface area contributed by atoms with Crippen LogP contribution in [0.1, 0.15) is 5.56 Å². The average Bonchev–Trinajstić information content (AvgIpc) is 2.15. The maximum Gasteiger partial charge on any atom is 0.168 e. The molecule has 0 saturated heterocycles. The lowest BCUT2D eigenvalue weighted by molar-refractivity contribution is 0.609. The number of nitrogens with two attached hydrogens (primary N) is 1. The van der Waals surface area contributed by atoms with Crippen LogP contribution in [0.3, 0.4) is 0 Å². The summed E-state index contributed by atoms with van der Waals surface area (Å²) >= 11 is 0. The second kappa shape index (κ2) is 5.09. The SMILES string of the molecule is CS(=O)(=O)/C=C/[C@H](N)Cc1ccccc1. The summed E-state index contributed by atoms with van der Waals surface area (Å²) in [6.07, 6.45) is 3.31. The van der Waals surface area contributed by atoms with E-state index in [9.17, 15) is 8.42 Å². The Labute approximate surface area is 90.5 Å². The molecule has 0 heterocycles. The molecule has 1 rings (SSSR count). The second-order valence-electron chi connectivity index (χ2n) is 3.51. The Bertz CT molecular complexity index is 423. The van der Waals surface area contributed by atoms with Crippen molar-refractivity contribution >= 4 is 9.84 Å². The minimum Gasteiger partial charge on any atom is -0.324 e. The molecule has 3 nitrogen and oxygen atoms in total. The van der Waals surface area contributed by atoms with Crippen molar-refractivity contribution in [3.8, 4) is 0 Å². The molecular formula is C11H15NO2S. The molecule has 1 atom stereocenters. The lowest BCUT2D eigenvalue weighted by Gasteiger charge is -2.05. The Morgan fingerprint density at radius 3 is 2.47 bits per heavy atom. The van der Waals surface area contributed by atoms with Crippen molar-refractivity contribution in [3.05, 3.63) is 47.4 Å². The summed E-state index contributed by atoms with van der Waals surface area (Å²) < 4.78 is 21.7. The van der Waals surface area contributed by atoms with Gasteiger partial charge in [-0.3, -0.25) is 0 Å². The van der Waals surface area contributed by atoms with Crippen molar-refractivity contribution in [1.82, 2.24) is 0 Å². The zero-order chi connectivity index (χ0) is 11.3. The van der Waals surface area contributed by atoms with Crippen LogP contribution < -0.4 is 5.73 Å². The van der Waals surface area contributed by atoms with Crippen LogP contribution in [0.4, 0.5) is 0 Å². The fourth-order valence-electron chi connectivity index (χ4n) is 1.20. The van der Waals surface area contributed by atoms with Gasteiger partial charge in [-0.2, -0.15) is 0 Å². The van der Waals surface area contributed by atoms with E-state index in [1.807, 2.05) is 30.3 Å². The first-order valence-corrected chi connectivity index (χ1v) is 6.60. The van der Waals surface area contributed by atoms with E-state index in [1.165, 1.54) is 6.08 Å². The minimum atomic E-state index is -3.07. The molecule has 0 unspecified atom stereocenters. The van der Waals surface area contributed by atoms with Crippen LogP contribution in [0.2, 0.25) is 0 Å². The zero-order valence-electron chi connectivity index (χ0n) is 8.63. The Balaban J connectivity index is 2.58. The quantitative estimate of drug-likeness (QED) is 0.835. The lowest BCUT2D eigenvalue weighted by Crippen LogP contribution is -2.20. The third-order valence-electron chi connectivity index (χ3n) is 1.89. The molecule has 0 aliphatic heterocycles. The molecule has 1 aromatic carbocycles. The highest BCUT2D eigenvalue weighted by atomic mass is 32.2. The van der Waals surface area contributed by atoms with E-state index >= 15 is 0 Å². The van der Waals surface area contributed by atoms with Gasteiger partial charge in [-0.1, -0.05) is 36.4 Å². The topological polar surface area (TPSA) is 60.2 Å². The molecule has 15 heavy (non-hydrogen) atoms. The van der Waals surface area contributed by atoms with Crippen LogP contribution in [-0.4, -0.2) is 20.7 Å². The van der Waals surface area contributed by atoms with Gasteiger partial charge in [-0.25, -0.2) is 8.42 Å². The van der Waals surface area contributed by atoms with Crippen molar-refractivity contribution in [3.63, 3.8) is 0 Å². The number of hydrogen-bond donors (Lipinski definition) is 1. The number of sulfone groups is 1. The Hall–Kier alpha value is -1.13. The second-order valence-corrected chi connectivity index (χ2v) is 5.44. The molecule has 0 amide bonds. The maximum atomic E-state index is 10.8.